The van der Waals surface area contributed by atoms with E-state index in [1.54, 1.807) is 24.3 Å². The summed E-state index contributed by atoms with van der Waals surface area (Å²) in [6.07, 6.45) is 0.703. The van der Waals surface area contributed by atoms with Crippen molar-refractivity contribution in [3.8, 4) is 17.2 Å². The Morgan fingerprint density at radius 1 is 0.738 bits per heavy atom. The molecule has 3 fully saturated rings. The Kier molecular flexibility index (Phi) is 10.1. The number of rotatable bonds is 8. The van der Waals surface area contributed by atoms with Gasteiger partial charge in [-0.1, -0.05) is 11.6 Å². The molecule has 4 aliphatic rings. The van der Waals surface area contributed by atoms with Gasteiger partial charge in [0.05, 0.1) is 43.1 Å². The van der Waals surface area contributed by atoms with Crippen LogP contribution < -0.4 is 24.2 Å². The van der Waals surface area contributed by atoms with Crippen LogP contribution in [0.15, 0.2) is 82.5 Å². The topological polar surface area (TPSA) is 141 Å². The monoisotopic (exact) mass is 883 g/mol. The molecule has 316 valence electrons. The number of benzene rings is 4. The molecule has 6 atom stereocenters. The second kappa shape index (κ2) is 14.8. The predicted octanol–water partition coefficient (Wildman–Crippen LogP) is 8.35. The van der Waals surface area contributed by atoms with Crippen molar-refractivity contribution in [3.05, 3.63) is 107 Å². The average Bonchev–Trinajstić information content (AvgIpc) is 3.59. The lowest BCUT2D eigenvalue weighted by Gasteiger charge is -2.51. The summed E-state index contributed by atoms with van der Waals surface area (Å²) < 4.78 is 85.5. The Morgan fingerprint density at radius 2 is 1.26 bits per heavy atom. The van der Waals surface area contributed by atoms with E-state index in [9.17, 15) is 37.5 Å². The van der Waals surface area contributed by atoms with Gasteiger partial charge in [0.2, 0.25) is 17.6 Å². The van der Waals surface area contributed by atoms with Gasteiger partial charge in [0.15, 0.2) is 33.0 Å². The summed E-state index contributed by atoms with van der Waals surface area (Å²) >= 11 is 14.5. The van der Waals surface area contributed by atoms with E-state index >= 15 is 8.78 Å². The zero-order chi connectivity index (χ0) is 44.0. The molecule has 0 unspecified atom stereocenters. The zero-order valence-corrected chi connectivity index (χ0v) is 33.9. The predicted molar refractivity (Wildman–Crippen MR) is 212 cm³/mol. The van der Waals surface area contributed by atoms with Gasteiger partial charge in [-0.15, -0.1) is 23.2 Å². The van der Waals surface area contributed by atoms with E-state index in [0.717, 1.165) is 22.7 Å². The maximum atomic E-state index is 15.5. The van der Waals surface area contributed by atoms with Gasteiger partial charge in [-0.05, 0) is 67.3 Å². The molecule has 61 heavy (non-hydrogen) atoms. The van der Waals surface area contributed by atoms with Crippen molar-refractivity contribution in [2.24, 2.45) is 28.0 Å². The molecule has 1 saturated carbocycles. The molecule has 2 aliphatic heterocycles. The summed E-state index contributed by atoms with van der Waals surface area (Å²) in [5.74, 6) is -23.1. The quantitative estimate of drug-likeness (QED) is 0.0354. The van der Waals surface area contributed by atoms with Crippen molar-refractivity contribution < 1.29 is 55.7 Å². The van der Waals surface area contributed by atoms with E-state index in [1.807, 2.05) is 31.1 Å². The number of ether oxygens (including phenoxy) is 2. The van der Waals surface area contributed by atoms with Gasteiger partial charge in [-0.3, -0.25) is 24.1 Å². The van der Waals surface area contributed by atoms with Crippen LogP contribution in [0.25, 0.3) is 0 Å². The number of phenolic OH excluding ortho intramolecular Hbond substituents is 1. The molecule has 2 saturated heterocycles. The molecule has 0 aromatic heterocycles. The highest BCUT2D eigenvalue weighted by atomic mass is 35.5. The smallest absolute Gasteiger partial charge is 0.258 e. The lowest BCUT2D eigenvalue weighted by Crippen LogP contribution is -2.60. The molecular weight excluding hydrogens is 852 g/mol. The minimum Gasteiger partial charge on any atom is -0.508 e. The summed E-state index contributed by atoms with van der Waals surface area (Å²) in [4.78, 5) is 55.0. The van der Waals surface area contributed by atoms with E-state index in [-0.39, 0.29) is 39.6 Å². The van der Waals surface area contributed by atoms with Crippen molar-refractivity contribution in [1.29, 1.82) is 0 Å². The summed E-state index contributed by atoms with van der Waals surface area (Å²) in [5.41, 5.74) is 0.243. The maximum Gasteiger partial charge on any atom is 0.258 e. The number of phenols is 1. The van der Waals surface area contributed by atoms with Crippen molar-refractivity contribution in [1.82, 2.24) is 0 Å². The van der Waals surface area contributed by atoms with Gasteiger partial charge >= 0.3 is 0 Å². The van der Waals surface area contributed by atoms with Gasteiger partial charge in [0.25, 0.3) is 11.8 Å². The number of amides is 4. The first-order valence-electron chi connectivity index (χ1n) is 18.5. The molecule has 8 rings (SSSR count). The van der Waals surface area contributed by atoms with Gasteiger partial charge in [-0.25, -0.2) is 26.9 Å². The second-order valence-electron chi connectivity index (χ2n) is 15.1. The van der Waals surface area contributed by atoms with Crippen molar-refractivity contribution in [3.63, 3.8) is 0 Å². The van der Waals surface area contributed by atoms with Crippen molar-refractivity contribution in [2.75, 3.05) is 43.0 Å². The van der Waals surface area contributed by atoms with E-state index < -0.39 is 104 Å². The van der Waals surface area contributed by atoms with Crippen LogP contribution in [0.3, 0.4) is 0 Å². The van der Waals surface area contributed by atoms with Gasteiger partial charge in [-0.2, -0.15) is 10.2 Å². The summed E-state index contributed by atoms with van der Waals surface area (Å²) in [6, 6.07) is 15.6. The third-order valence-corrected chi connectivity index (χ3v) is 13.2. The Hall–Kier alpha value is -6.07. The van der Waals surface area contributed by atoms with Gasteiger partial charge in [0, 0.05) is 43.4 Å². The highest BCUT2D eigenvalue weighted by molar-refractivity contribution is 6.58. The number of alkyl halides is 2. The molecule has 1 N–H and O–H groups in total. The molecule has 4 amide bonds. The van der Waals surface area contributed by atoms with Crippen LogP contribution in [-0.4, -0.2) is 66.8 Å². The first-order chi connectivity index (χ1) is 28.9. The van der Waals surface area contributed by atoms with Crippen LogP contribution in [-0.2, 0) is 19.2 Å². The second-order valence-corrected chi connectivity index (χ2v) is 16.3. The third-order valence-electron chi connectivity index (χ3n) is 11.8. The standard InChI is InChI=1S/C42H32Cl2F5N5O7/c1-52(2)20-9-5-18(6-10-20)50-51-19-7-11-21(12-8-19)53-37(56)24-14-13-23-25(28(24)38(53)57)17-41(43)39(58)54(36-34(48)32(46)31(45)33(47)35(36)49)40(59)42(41,44)30(23)29-26(60-3)15-22(55)16-27(29)61-4/h5-13,15-16,24-25,28,30,55H,14,17H2,1-4H3/t24-,25+,28-,30+,41+,42-/m0/s1. The minimum atomic E-state index is -2.84. The summed E-state index contributed by atoms with van der Waals surface area (Å²) in [6.45, 7) is 0. The first kappa shape index (κ1) is 41.7. The maximum absolute atomic E-state index is 15.5. The van der Waals surface area contributed by atoms with E-state index in [2.05, 4.69) is 10.2 Å². The van der Waals surface area contributed by atoms with Crippen LogP contribution in [0.4, 0.5) is 50.4 Å². The highest BCUT2D eigenvalue weighted by Gasteiger charge is 2.77. The number of carbonyl (C=O) groups excluding carboxylic acids is 4. The number of anilines is 3. The van der Waals surface area contributed by atoms with Gasteiger partial charge < -0.3 is 19.5 Å². The summed E-state index contributed by atoms with van der Waals surface area (Å²) in [5, 5.41) is 19.0. The minimum absolute atomic E-state index is 0.110. The van der Waals surface area contributed by atoms with Crippen LogP contribution in [0.2, 0.25) is 0 Å². The van der Waals surface area contributed by atoms with Crippen LogP contribution in [0, 0.1) is 46.8 Å². The largest absolute Gasteiger partial charge is 0.508 e. The molecule has 0 spiro atoms. The molecule has 2 aliphatic carbocycles. The molecule has 2 heterocycles. The molecular formula is C42H32Cl2F5N5O7. The fraction of sp³-hybridized carbons (Fsp3) is 0.286. The van der Waals surface area contributed by atoms with Crippen LogP contribution in [0.5, 0.6) is 17.2 Å². The SMILES string of the molecule is COc1cc(O)cc(OC)c1[C@H]1C2=CC[C@@H]3C(=O)N(c4ccc(N=Nc5ccc(N(C)C)cc5)cc4)C(=O)[C@@H]3[C@@H]2C[C@@]2(Cl)C(=O)N(c3c(F)c(F)c(F)c(F)c3F)C(=O)[C@@]12Cl. The number of halogens is 7. The number of imide groups is 2. The molecule has 4 aromatic rings. The Bertz CT molecular complexity index is 2580. The molecule has 0 bridgehead atoms. The fourth-order valence-corrected chi connectivity index (χ4v) is 9.87. The van der Waals surface area contributed by atoms with Crippen molar-refractivity contribution in [2.45, 2.75) is 28.5 Å². The number of nitrogens with zero attached hydrogens (tertiary/aromatic N) is 5. The number of hydrogen-bond acceptors (Lipinski definition) is 10. The molecule has 4 aromatic carbocycles. The number of allylic oxidation sites excluding steroid dienone is 2. The van der Waals surface area contributed by atoms with Crippen LogP contribution in [0.1, 0.15) is 24.3 Å². The van der Waals surface area contributed by atoms with E-state index in [0.29, 0.717) is 11.4 Å². The van der Waals surface area contributed by atoms with E-state index in [1.165, 1.54) is 32.4 Å². The zero-order valence-electron chi connectivity index (χ0n) is 32.4. The van der Waals surface area contributed by atoms with E-state index in [4.69, 9.17) is 32.7 Å². The Labute approximate surface area is 353 Å². The van der Waals surface area contributed by atoms with Gasteiger partial charge in [0.1, 0.15) is 22.9 Å². The Morgan fingerprint density at radius 3 is 1.79 bits per heavy atom. The normalized spacial score (nSPS) is 25.8. The lowest BCUT2D eigenvalue weighted by atomic mass is 9.56. The number of carbonyl (C=O) groups is 4. The van der Waals surface area contributed by atoms with Crippen LogP contribution >= 0.6 is 23.2 Å². The lowest BCUT2D eigenvalue weighted by molar-refractivity contribution is -0.125. The number of aromatic hydroxyl groups is 1. The van der Waals surface area contributed by atoms with Crippen molar-refractivity contribution >= 4 is 75.3 Å². The highest BCUT2D eigenvalue weighted by Crippen LogP contribution is 2.68. The average molecular weight is 885 g/mol. The summed E-state index contributed by atoms with van der Waals surface area (Å²) in [7, 11) is 6.18. The first-order valence-corrected chi connectivity index (χ1v) is 19.3. The number of hydrogen-bond donors (Lipinski definition) is 1. The molecule has 12 nitrogen and oxygen atoms in total. The third kappa shape index (κ3) is 5.98. The Balaban J connectivity index is 1.22. The number of azo groups is 1. The fourth-order valence-electron chi connectivity index (χ4n) is 8.95. The number of methoxy groups -OCH3 is 2. The number of fused-ring (bicyclic) bond motifs is 4. The molecule has 19 heteroatoms. The molecule has 0 radical (unpaired) electrons.